The van der Waals surface area contributed by atoms with Gasteiger partial charge in [-0.25, -0.2) is 0 Å². The highest BCUT2D eigenvalue weighted by Gasteiger charge is 2.26. The average Bonchev–Trinajstić information content (AvgIpc) is 2.97. The van der Waals surface area contributed by atoms with Gasteiger partial charge < -0.3 is 9.80 Å². The largest absolute Gasteiger partial charge is 0.339 e. The van der Waals surface area contributed by atoms with Crippen molar-refractivity contribution in [3.8, 4) is 0 Å². The zero-order valence-electron chi connectivity index (χ0n) is 12.6. The first-order valence-corrected chi connectivity index (χ1v) is 7.93. The number of carbonyl (C=O) groups excluding carboxylic acids is 2. The smallest absolute Gasteiger partial charge is 0.253 e. The van der Waals surface area contributed by atoms with Gasteiger partial charge in [-0.2, -0.15) is 0 Å². The third-order valence-corrected chi connectivity index (χ3v) is 4.47. The molecule has 1 saturated heterocycles. The van der Waals surface area contributed by atoms with Gasteiger partial charge in [0, 0.05) is 37.3 Å². The second-order valence-corrected chi connectivity index (χ2v) is 5.85. The van der Waals surface area contributed by atoms with E-state index >= 15 is 0 Å². The van der Waals surface area contributed by atoms with Gasteiger partial charge in [0.2, 0.25) is 5.91 Å². The summed E-state index contributed by atoms with van der Waals surface area (Å²) in [6.07, 6.45) is 4.80. The molecule has 0 unspecified atom stereocenters. The van der Waals surface area contributed by atoms with Crippen molar-refractivity contribution in [3.63, 3.8) is 0 Å². The zero-order chi connectivity index (χ0) is 14.8. The van der Waals surface area contributed by atoms with Crippen molar-refractivity contribution in [2.75, 3.05) is 24.5 Å². The average molecular weight is 286 g/mol. The Morgan fingerprint density at radius 1 is 1.10 bits per heavy atom. The molecule has 1 aromatic rings. The Labute approximate surface area is 125 Å². The molecule has 4 nitrogen and oxygen atoms in total. The van der Waals surface area contributed by atoms with Crippen LogP contribution in [0.2, 0.25) is 0 Å². The number of rotatable bonds is 2. The minimum absolute atomic E-state index is 0.105. The first-order valence-electron chi connectivity index (χ1n) is 7.93. The van der Waals surface area contributed by atoms with Crippen LogP contribution in [-0.2, 0) is 11.2 Å². The second kappa shape index (κ2) is 5.88. The lowest BCUT2D eigenvalue weighted by atomic mass is 10.1. The highest BCUT2D eigenvalue weighted by atomic mass is 16.2. The lowest BCUT2D eigenvalue weighted by molar-refractivity contribution is -0.118. The number of likely N-dealkylation sites (tertiary alicyclic amines) is 1. The third-order valence-electron chi connectivity index (χ3n) is 4.47. The summed E-state index contributed by atoms with van der Waals surface area (Å²) >= 11 is 0. The number of benzene rings is 1. The first-order chi connectivity index (χ1) is 10.2. The molecular formula is C17H22N2O2. The van der Waals surface area contributed by atoms with Crippen LogP contribution in [0.4, 0.5) is 5.69 Å². The van der Waals surface area contributed by atoms with E-state index in [0.717, 1.165) is 44.6 Å². The third kappa shape index (κ3) is 2.67. The highest BCUT2D eigenvalue weighted by Crippen LogP contribution is 2.30. The summed E-state index contributed by atoms with van der Waals surface area (Å²) in [5, 5.41) is 0. The van der Waals surface area contributed by atoms with Gasteiger partial charge in [-0.05, 0) is 43.4 Å². The maximum atomic E-state index is 12.6. The maximum Gasteiger partial charge on any atom is 0.253 e. The minimum Gasteiger partial charge on any atom is -0.339 e. The van der Waals surface area contributed by atoms with Crippen molar-refractivity contribution in [2.45, 2.75) is 39.0 Å². The molecule has 1 fully saturated rings. The Hall–Kier alpha value is -1.84. The number of hydrogen-bond donors (Lipinski definition) is 0. The number of piperidine rings is 1. The summed E-state index contributed by atoms with van der Waals surface area (Å²) in [6.45, 7) is 4.33. The molecule has 2 heterocycles. The van der Waals surface area contributed by atoms with E-state index in [4.69, 9.17) is 0 Å². The summed E-state index contributed by atoms with van der Waals surface area (Å²) in [5.74, 6) is 0.240. The number of anilines is 1. The van der Waals surface area contributed by atoms with E-state index in [1.54, 1.807) is 0 Å². The minimum atomic E-state index is 0.105. The number of carbonyl (C=O) groups is 2. The van der Waals surface area contributed by atoms with Gasteiger partial charge in [0.15, 0.2) is 0 Å². The molecule has 1 aromatic carbocycles. The van der Waals surface area contributed by atoms with Gasteiger partial charge >= 0.3 is 0 Å². The molecule has 0 atom stereocenters. The van der Waals surface area contributed by atoms with Crippen LogP contribution in [0, 0.1) is 0 Å². The van der Waals surface area contributed by atoms with Crippen LogP contribution in [0.3, 0.4) is 0 Å². The van der Waals surface area contributed by atoms with Crippen LogP contribution in [0.5, 0.6) is 0 Å². The summed E-state index contributed by atoms with van der Waals surface area (Å²) in [5.41, 5.74) is 2.82. The van der Waals surface area contributed by atoms with Crippen LogP contribution in [-0.4, -0.2) is 36.3 Å². The molecule has 0 saturated carbocycles. The Morgan fingerprint density at radius 3 is 2.57 bits per heavy atom. The topological polar surface area (TPSA) is 40.6 Å². The van der Waals surface area contributed by atoms with Crippen molar-refractivity contribution in [3.05, 3.63) is 29.3 Å². The summed E-state index contributed by atoms with van der Waals surface area (Å²) in [4.78, 5) is 28.3. The molecular weight excluding hydrogens is 264 g/mol. The normalized spacial score (nSPS) is 17.8. The van der Waals surface area contributed by atoms with Gasteiger partial charge in [-0.1, -0.05) is 13.0 Å². The molecule has 0 bridgehead atoms. The van der Waals surface area contributed by atoms with E-state index in [1.807, 2.05) is 34.9 Å². The van der Waals surface area contributed by atoms with Crippen LogP contribution in [0.15, 0.2) is 18.2 Å². The van der Waals surface area contributed by atoms with Gasteiger partial charge in [-0.3, -0.25) is 9.59 Å². The van der Waals surface area contributed by atoms with Crippen molar-refractivity contribution in [2.24, 2.45) is 0 Å². The number of amides is 2. The molecule has 4 heteroatoms. The maximum absolute atomic E-state index is 12.6. The van der Waals surface area contributed by atoms with E-state index in [1.165, 1.54) is 12.0 Å². The summed E-state index contributed by atoms with van der Waals surface area (Å²) < 4.78 is 0. The Bertz CT molecular complexity index is 562. The van der Waals surface area contributed by atoms with Gasteiger partial charge in [-0.15, -0.1) is 0 Å². The van der Waals surface area contributed by atoms with Crippen molar-refractivity contribution in [1.82, 2.24) is 4.90 Å². The van der Waals surface area contributed by atoms with E-state index in [9.17, 15) is 9.59 Å². The van der Waals surface area contributed by atoms with Crippen molar-refractivity contribution < 1.29 is 9.59 Å². The number of nitrogens with zero attached hydrogens (tertiary/aromatic N) is 2. The van der Waals surface area contributed by atoms with E-state index in [2.05, 4.69) is 0 Å². The van der Waals surface area contributed by atoms with E-state index in [-0.39, 0.29) is 11.8 Å². The predicted molar refractivity (Wildman–Crippen MR) is 82.5 cm³/mol. The Kier molecular flexibility index (Phi) is 3.95. The van der Waals surface area contributed by atoms with E-state index < -0.39 is 0 Å². The molecule has 112 valence electrons. The van der Waals surface area contributed by atoms with Crippen LogP contribution >= 0.6 is 0 Å². The molecule has 0 aliphatic carbocycles. The van der Waals surface area contributed by atoms with Crippen molar-refractivity contribution in [1.29, 1.82) is 0 Å². The lowest BCUT2D eigenvalue weighted by Gasteiger charge is -2.27. The molecule has 0 aromatic heterocycles. The molecule has 3 rings (SSSR count). The molecule has 0 radical (unpaired) electrons. The Balaban J connectivity index is 1.85. The zero-order valence-corrected chi connectivity index (χ0v) is 12.6. The Morgan fingerprint density at radius 2 is 1.86 bits per heavy atom. The fourth-order valence-electron chi connectivity index (χ4n) is 3.24. The highest BCUT2D eigenvalue weighted by molar-refractivity contribution is 5.99. The summed E-state index contributed by atoms with van der Waals surface area (Å²) in [6, 6.07) is 5.83. The molecule has 2 aliphatic rings. The summed E-state index contributed by atoms with van der Waals surface area (Å²) in [7, 11) is 0. The number of hydrogen-bond acceptors (Lipinski definition) is 2. The van der Waals surface area contributed by atoms with Crippen LogP contribution < -0.4 is 4.90 Å². The van der Waals surface area contributed by atoms with Gasteiger partial charge in [0.1, 0.15) is 0 Å². The lowest BCUT2D eigenvalue weighted by Crippen LogP contribution is -2.35. The van der Waals surface area contributed by atoms with Gasteiger partial charge in [0.05, 0.1) is 0 Å². The van der Waals surface area contributed by atoms with E-state index in [0.29, 0.717) is 12.0 Å². The second-order valence-electron chi connectivity index (χ2n) is 5.85. The van der Waals surface area contributed by atoms with Crippen LogP contribution in [0.25, 0.3) is 0 Å². The number of fused-ring (bicyclic) bond motifs is 1. The fraction of sp³-hybridized carbons (Fsp3) is 0.529. The predicted octanol–water partition coefficient (Wildman–Crippen LogP) is 2.61. The van der Waals surface area contributed by atoms with Crippen LogP contribution in [0.1, 0.15) is 48.5 Å². The molecule has 2 aliphatic heterocycles. The molecule has 21 heavy (non-hydrogen) atoms. The molecule has 0 spiro atoms. The first kappa shape index (κ1) is 14.1. The SMILES string of the molecule is CCC(=O)N1CCc2ccc(C(=O)N3CCCCC3)cc21. The monoisotopic (exact) mass is 286 g/mol. The molecule has 2 amide bonds. The van der Waals surface area contributed by atoms with Crippen molar-refractivity contribution >= 4 is 17.5 Å². The quantitative estimate of drug-likeness (QED) is 0.838. The standard InChI is InChI=1S/C17H22N2O2/c1-2-16(20)19-11-8-13-6-7-14(12-15(13)19)17(21)18-9-4-3-5-10-18/h6-7,12H,2-5,8-11H2,1H3. The van der Waals surface area contributed by atoms with Gasteiger partial charge in [0.25, 0.3) is 5.91 Å². The molecule has 0 N–H and O–H groups in total. The fourth-order valence-corrected chi connectivity index (χ4v) is 3.24.